The molecule has 1 aromatic carbocycles. The topological polar surface area (TPSA) is 43.4 Å². The van der Waals surface area contributed by atoms with Crippen LogP contribution in [0.3, 0.4) is 0 Å². The second kappa shape index (κ2) is 5.46. The molecule has 0 heterocycles. The summed E-state index contributed by atoms with van der Waals surface area (Å²) in [5.41, 5.74) is -0.942. The van der Waals surface area contributed by atoms with Gasteiger partial charge in [-0.3, -0.25) is 4.18 Å². The van der Waals surface area contributed by atoms with Crippen LogP contribution in [0.2, 0.25) is 5.02 Å². The molecule has 0 aliphatic rings. The summed E-state index contributed by atoms with van der Waals surface area (Å²) in [6.45, 7) is -0.359. The molecule has 0 radical (unpaired) electrons. The van der Waals surface area contributed by atoms with Crippen molar-refractivity contribution in [3.63, 3.8) is 0 Å². The molecule has 0 aliphatic heterocycles. The van der Waals surface area contributed by atoms with Gasteiger partial charge in [0.15, 0.2) is 0 Å². The third kappa shape index (κ3) is 4.83. The second-order valence-electron chi connectivity index (χ2n) is 3.58. The molecule has 0 atom stereocenters. The van der Waals surface area contributed by atoms with Gasteiger partial charge in [-0.1, -0.05) is 11.6 Å². The number of hydrogen-bond donors (Lipinski definition) is 0. The Morgan fingerprint density at radius 1 is 1.33 bits per heavy atom. The summed E-state index contributed by atoms with van der Waals surface area (Å²) in [6, 6.07) is 3.14. The first-order valence-electron chi connectivity index (χ1n) is 4.79. The van der Waals surface area contributed by atoms with Crippen molar-refractivity contribution in [1.82, 2.24) is 0 Å². The normalized spacial score (nSPS) is 12.7. The molecule has 1 aromatic rings. The van der Waals surface area contributed by atoms with Crippen molar-refractivity contribution in [2.45, 2.75) is 12.6 Å². The van der Waals surface area contributed by atoms with Gasteiger partial charge in [0.2, 0.25) is 0 Å². The van der Waals surface area contributed by atoms with Crippen molar-refractivity contribution in [3.05, 3.63) is 34.3 Å². The van der Waals surface area contributed by atoms with Crippen molar-refractivity contribution in [1.29, 1.82) is 0 Å². The number of alkyl halides is 3. The van der Waals surface area contributed by atoms with E-state index in [0.29, 0.717) is 0 Å². The predicted octanol–water partition coefficient (Wildman–Crippen LogP) is 2.88. The van der Waals surface area contributed by atoms with Crippen LogP contribution in [0.15, 0.2) is 18.2 Å². The van der Waals surface area contributed by atoms with Gasteiger partial charge in [0, 0.05) is 5.02 Å². The molecular formula is C10H10ClF3O3S. The Hall–Kier alpha value is -0.790. The van der Waals surface area contributed by atoms with E-state index < -0.39 is 21.9 Å². The summed E-state index contributed by atoms with van der Waals surface area (Å²) < 4.78 is 63.7. The highest BCUT2D eigenvalue weighted by atomic mass is 35.5. The molecule has 0 bridgehead atoms. The number of hydrogen-bond acceptors (Lipinski definition) is 3. The monoisotopic (exact) mass is 302 g/mol. The van der Waals surface area contributed by atoms with Crippen LogP contribution in [0.4, 0.5) is 13.2 Å². The fourth-order valence-corrected chi connectivity index (χ4v) is 1.93. The number of benzene rings is 1. The minimum Gasteiger partial charge on any atom is -0.270 e. The van der Waals surface area contributed by atoms with Crippen LogP contribution in [0.5, 0.6) is 0 Å². The summed E-state index contributed by atoms with van der Waals surface area (Å²) in [5.74, 6) is 0. The zero-order chi connectivity index (χ0) is 14.0. The minimum atomic E-state index is -4.51. The van der Waals surface area contributed by atoms with Crippen LogP contribution in [0, 0.1) is 0 Å². The van der Waals surface area contributed by atoms with E-state index in [9.17, 15) is 21.6 Å². The summed E-state index contributed by atoms with van der Waals surface area (Å²) >= 11 is 5.61. The van der Waals surface area contributed by atoms with Crippen LogP contribution in [0.25, 0.3) is 0 Å². The van der Waals surface area contributed by atoms with Gasteiger partial charge in [0.05, 0.1) is 18.4 Å². The van der Waals surface area contributed by atoms with Crippen molar-refractivity contribution < 1.29 is 25.8 Å². The highest BCUT2D eigenvalue weighted by molar-refractivity contribution is 7.85. The van der Waals surface area contributed by atoms with E-state index in [4.69, 9.17) is 11.6 Å². The molecule has 0 amide bonds. The molecule has 0 saturated carbocycles. The average Bonchev–Trinajstić information content (AvgIpc) is 2.13. The molecule has 0 saturated heterocycles. The van der Waals surface area contributed by atoms with E-state index in [1.807, 2.05) is 0 Å². The standard InChI is InChI=1S/C10H10ClF3O3S/c1-18(15,16)17-5-4-7-6-8(11)2-3-9(7)10(12,13)14/h2-3,6H,4-5H2,1H3. The van der Waals surface area contributed by atoms with Crippen LogP contribution in [-0.4, -0.2) is 21.3 Å². The Bertz CT molecular complexity index is 526. The highest BCUT2D eigenvalue weighted by Gasteiger charge is 2.33. The summed E-state index contributed by atoms with van der Waals surface area (Å²) in [5, 5.41) is 0.150. The molecule has 3 nitrogen and oxygen atoms in total. The van der Waals surface area contributed by atoms with Gasteiger partial charge in [-0.15, -0.1) is 0 Å². The lowest BCUT2D eigenvalue weighted by atomic mass is 10.0. The smallest absolute Gasteiger partial charge is 0.270 e. The summed E-state index contributed by atoms with van der Waals surface area (Å²) in [7, 11) is -3.67. The predicted molar refractivity (Wildman–Crippen MR) is 61.0 cm³/mol. The molecule has 0 spiro atoms. The van der Waals surface area contributed by atoms with Crippen molar-refractivity contribution in [3.8, 4) is 0 Å². The molecule has 1 rings (SSSR count). The Morgan fingerprint density at radius 2 is 1.94 bits per heavy atom. The summed E-state index contributed by atoms with van der Waals surface area (Å²) in [4.78, 5) is 0. The number of rotatable bonds is 4. The van der Waals surface area contributed by atoms with Crippen LogP contribution in [-0.2, 0) is 26.9 Å². The lowest BCUT2D eigenvalue weighted by Gasteiger charge is -2.12. The maximum absolute atomic E-state index is 12.6. The van der Waals surface area contributed by atoms with Crippen molar-refractivity contribution in [2.75, 3.05) is 12.9 Å². The van der Waals surface area contributed by atoms with Gasteiger partial charge < -0.3 is 0 Å². The fraction of sp³-hybridized carbons (Fsp3) is 0.400. The molecule has 0 unspecified atom stereocenters. The van der Waals surface area contributed by atoms with E-state index in [2.05, 4.69) is 4.18 Å². The summed E-state index contributed by atoms with van der Waals surface area (Å²) in [6.07, 6.45) is -3.87. The molecule has 0 N–H and O–H groups in total. The highest BCUT2D eigenvalue weighted by Crippen LogP contribution is 2.33. The Morgan fingerprint density at radius 3 is 2.44 bits per heavy atom. The van der Waals surface area contributed by atoms with Crippen molar-refractivity contribution in [2.24, 2.45) is 0 Å². The van der Waals surface area contributed by atoms with E-state index in [1.54, 1.807) is 0 Å². The molecular weight excluding hydrogens is 293 g/mol. The first kappa shape index (κ1) is 15.3. The Balaban J connectivity index is 2.90. The lowest BCUT2D eigenvalue weighted by molar-refractivity contribution is -0.138. The minimum absolute atomic E-state index is 0.0985. The zero-order valence-corrected chi connectivity index (χ0v) is 10.9. The van der Waals surface area contributed by atoms with Crippen LogP contribution < -0.4 is 0 Å². The van der Waals surface area contributed by atoms with E-state index in [0.717, 1.165) is 24.5 Å². The maximum atomic E-state index is 12.6. The number of halogens is 4. The van der Waals surface area contributed by atoms with Crippen LogP contribution in [0.1, 0.15) is 11.1 Å². The van der Waals surface area contributed by atoms with E-state index in [-0.39, 0.29) is 23.6 Å². The van der Waals surface area contributed by atoms with Gasteiger partial charge >= 0.3 is 6.18 Å². The van der Waals surface area contributed by atoms with Gasteiger partial charge in [0.25, 0.3) is 10.1 Å². The first-order valence-corrected chi connectivity index (χ1v) is 6.99. The lowest BCUT2D eigenvalue weighted by Crippen LogP contribution is -2.12. The van der Waals surface area contributed by atoms with E-state index >= 15 is 0 Å². The molecule has 0 aliphatic carbocycles. The van der Waals surface area contributed by atoms with Gasteiger partial charge in [-0.2, -0.15) is 21.6 Å². The first-order chi connectivity index (χ1) is 8.09. The van der Waals surface area contributed by atoms with Gasteiger partial charge in [0.1, 0.15) is 0 Å². The van der Waals surface area contributed by atoms with Gasteiger partial charge in [-0.25, -0.2) is 0 Å². The van der Waals surface area contributed by atoms with Crippen molar-refractivity contribution >= 4 is 21.7 Å². The zero-order valence-electron chi connectivity index (χ0n) is 9.29. The molecule has 0 aromatic heterocycles. The third-order valence-corrected chi connectivity index (χ3v) is 2.87. The molecule has 0 fully saturated rings. The SMILES string of the molecule is CS(=O)(=O)OCCc1cc(Cl)ccc1C(F)(F)F. The molecule has 102 valence electrons. The molecule has 8 heteroatoms. The largest absolute Gasteiger partial charge is 0.416 e. The third-order valence-electron chi connectivity index (χ3n) is 2.04. The van der Waals surface area contributed by atoms with E-state index in [1.165, 1.54) is 0 Å². The quantitative estimate of drug-likeness (QED) is 0.803. The van der Waals surface area contributed by atoms with Gasteiger partial charge in [-0.05, 0) is 30.2 Å². The maximum Gasteiger partial charge on any atom is 0.416 e. The average molecular weight is 303 g/mol. The Labute approximate surface area is 108 Å². The fourth-order valence-electron chi connectivity index (χ4n) is 1.35. The molecule has 18 heavy (non-hydrogen) atoms. The Kier molecular flexibility index (Phi) is 4.63. The van der Waals surface area contributed by atoms with Crippen LogP contribution >= 0.6 is 11.6 Å². The second-order valence-corrected chi connectivity index (χ2v) is 5.66.